The fraction of sp³-hybridized carbons (Fsp3) is 0.633. The maximum Gasteiger partial charge on any atom is 0.326 e. The van der Waals surface area contributed by atoms with Crippen LogP contribution >= 0.6 is 0 Å². The van der Waals surface area contributed by atoms with Crippen LogP contribution in [0.1, 0.15) is 64.9 Å². The summed E-state index contributed by atoms with van der Waals surface area (Å²) in [5.41, 5.74) is 0.914. The summed E-state index contributed by atoms with van der Waals surface area (Å²) in [6.07, 6.45) is 3.31. The Morgan fingerprint density at radius 2 is 1.93 bits per heavy atom. The van der Waals surface area contributed by atoms with Crippen molar-refractivity contribution < 1.29 is 43.5 Å². The molecule has 4 saturated heterocycles. The molecule has 1 saturated carbocycles. The summed E-state index contributed by atoms with van der Waals surface area (Å²) in [5, 5.41) is 13.2. The highest BCUT2D eigenvalue weighted by Gasteiger charge is 2.69. The van der Waals surface area contributed by atoms with E-state index in [9.17, 15) is 19.5 Å². The first kappa shape index (κ1) is 28.1. The first-order chi connectivity index (χ1) is 19.6. The summed E-state index contributed by atoms with van der Waals surface area (Å²) in [5.74, 6) is -2.78. The number of amides is 1. The molecular weight excluding hydrogens is 532 g/mol. The standard InChI is InChI=1S/C30H38N2O9/c1-16-8-9-21-17(2)27(38-28-30(21)20(16)12-13-29(3,39-28)40-41-30)37-25(34)11-10-24(33)32-23(26(35)36)14-18-15-31-22-7-5-4-6-19(18)22/h4-7,15-17,20-21,23,27-28,31H,8-14H2,1-3H3,(H,32,33)(H,35,36)/t16-,17-,20+,21+,23+,27-,28-,29+,30-/m1/s1. The summed E-state index contributed by atoms with van der Waals surface area (Å²) in [6, 6.07) is 6.42. The Labute approximate surface area is 238 Å². The van der Waals surface area contributed by atoms with Crippen molar-refractivity contribution in [1.82, 2.24) is 10.3 Å². The lowest BCUT2D eigenvalue weighted by atomic mass is 9.58. The van der Waals surface area contributed by atoms with Gasteiger partial charge in [-0.3, -0.25) is 9.59 Å². The number of benzene rings is 1. The number of fused-ring (bicyclic) bond motifs is 3. The van der Waals surface area contributed by atoms with Crippen molar-refractivity contribution in [1.29, 1.82) is 0 Å². The number of H-pyrrole nitrogens is 1. The quantitative estimate of drug-likeness (QED) is 0.319. The molecule has 1 aliphatic carbocycles. The van der Waals surface area contributed by atoms with Crippen LogP contribution in [-0.2, 0) is 44.8 Å². The average Bonchev–Trinajstić information content (AvgIpc) is 3.21. The molecule has 1 aromatic heterocycles. The summed E-state index contributed by atoms with van der Waals surface area (Å²) >= 11 is 0. The van der Waals surface area contributed by atoms with E-state index in [1.54, 1.807) is 6.20 Å². The Balaban J connectivity index is 1.06. The van der Waals surface area contributed by atoms with E-state index < -0.39 is 47.9 Å². The molecule has 1 aromatic carbocycles. The normalized spacial score (nSPS) is 36.7. The van der Waals surface area contributed by atoms with E-state index in [1.807, 2.05) is 38.1 Å². The first-order valence-electron chi connectivity index (χ1n) is 14.6. The van der Waals surface area contributed by atoms with Crippen LogP contribution < -0.4 is 5.32 Å². The number of aliphatic carboxylic acids is 1. The van der Waals surface area contributed by atoms with Crippen molar-refractivity contribution in [2.75, 3.05) is 0 Å². The summed E-state index contributed by atoms with van der Waals surface area (Å²) < 4.78 is 18.3. The van der Waals surface area contributed by atoms with Gasteiger partial charge in [-0.1, -0.05) is 32.0 Å². The molecule has 41 heavy (non-hydrogen) atoms. The van der Waals surface area contributed by atoms with Crippen molar-refractivity contribution in [3.8, 4) is 0 Å². The van der Waals surface area contributed by atoms with Crippen LogP contribution in [0.2, 0.25) is 0 Å². The lowest BCUT2D eigenvalue weighted by Gasteiger charge is -2.59. The van der Waals surface area contributed by atoms with E-state index in [4.69, 9.17) is 24.0 Å². The zero-order valence-corrected chi connectivity index (χ0v) is 23.6. The third-order valence-electron chi connectivity index (χ3n) is 9.63. The van der Waals surface area contributed by atoms with Crippen LogP contribution in [-0.4, -0.2) is 57.9 Å². The van der Waals surface area contributed by atoms with E-state index in [2.05, 4.69) is 17.2 Å². The van der Waals surface area contributed by atoms with Crippen LogP contribution in [0.4, 0.5) is 0 Å². The van der Waals surface area contributed by atoms with Gasteiger partial charge in [0.1, 0.15) is 6.04 Å². The Morgan fingerprint density at radius 1 is 1.12 bits per heavy atom. The lowest BCUT2D eigenvalue weighted by molar-refractivity contribution is -0.576. The molecule has 11 nitrogen and oxygen atoms in total. The molecule has 1 amide bonds. The van der Waals surface area contributed by atoms with Crippen molar-refractivity contribution in [3.05, 3.63) is 36.0 Å². The van der Waals surface area contributed by atoms with Crippen LogP contribution in [0.5, 0.6) is 0 Å². The number of carbonyl (C=O) groups excluding carboxylic acids is 2. The number of hydrogen-bond donors (Lipinski definition) is 3. The fourth-order valence-corrected chi connectivity index (χ4v) is 7.40. The zero-order valence-electron chi connectivity index (χ0n) is 23.6. The molecule has 222 valence electrons. The molecule has 5 fully saturated rings. The minimum absolute atomic E-state index is 0.00651. The Bertz CT molecular complexity index is 1330. The number of nitrogens with one attached hydrogen (secondary N) is 2. The minimum Gasteiger partial charge on any atom is -0.480 e. The van der Waals surface area contributed by atoms with Gasteiger partial charge in [-0.05, 0) is 49.7 Å². The van der Waals surface area contributed by atoms with Crippen molar-refractivity contribution in [2.45, 2.75) is 95.7 Å². The van der Waals surface area contributed by atoms with Gasteiger partial charge >= 0.3 is 11.9 Å². The predicted molar refractivity (Wildman–Crippen MR) is 144 cm³/mol. The second-order valence-corrected chi connectivity index (χ2v) is 12.3. The van der Waals surface area contributed by atoms with Gasteiger partial charge in [0.2, 0.25) is 18.0 Å². The van der Waals surface area contributed by atoms with Crippen LogP contribution in [0.3, 0.4) is 0 Å². The minimum atomic E-state index is -1.15. The fourth-order valence-electron chi connectivity index (χ4n) is 7.40. The third-order valence-corrected chi connectivity index (χ3v) is 9.63. The lowest BCUT2D eigenvalue weighted by Crippen LogP contribution is -2.70. The number of ether oxygens (including phenoxy) is 3. The van der Waals surface area contributed by atoms with Gasteiger partial charge < -0.3 is 29.6 Å². The van der Waals surface area contributed by atoms with Gasteiger partial charge in [-0.15, -0.1) is 0 Å². The average molecular weight is 571 g/mol. The smallest absolute Gasteiger partial charge is 0.326 e. The predicted octanol–water partition coefficient (Wildman–Crippen LogP) is 3.81. The number of carbonyl (C=O) groups is 3. The maximum absolute atomic E-state index is 12.9. The highest BCUT2D eigenvalue weighted by atomic mass is 17.3. The number of carboxylic acid groups (broad SMARTS) is 1. The number of carboxylic acids is 1. The van der Waals surface area contributed by atoms with E-state index in [-0.39, 0.29) is 37.0 Å². The molecule has 5 heterocycles. The zero-order chi connectivity index (χ0) is 28.9. The van der Waals surface area contributed by atoms with Gasteiger partial charge in [0.15, 0.2) is 11.9 Å². The van der Waals surface area contributed by atoms with Crippen molar-refractivity contribution in [2.24, 2.45) is 23.7 Å². The molecule has 9 atom stereocenters. The molecule has 5 aliphatic rings. The molecule has 0 radical (unpaired) electrons. The molecule has 4 aliphatic heterocycles. The van der Waals surface area contributed by atoms with Gasteiger partial charge in [-0.25, -0.2) is 14.6 Å². The highest BCUT2D eigenvalue weighted by Crippen LogP contribution is 2.60. The van der Waals surface area contributed by atoms with E-state index in [0.717, 1.165) is 35.7 Å². The Kier molecular flexibility index (Phi) is 7.34. The number of esters is 1. The SMILES string of the molecule is C[C@H]1[C@H](OC(=O)CCC(=O)N[C@@H](Cc2c[nH]c3ccccc23)C(=O)O)O[C@@H]2O[C@]3(C)CC[C@H]4[C@H](C)CC[C@@H]1[C@@]24OO3. The number of hydrogen-bond acceptors (Lipinski definition) is 8. The largest absolute Gasteiger partial charge is 0.480 e. The van der Waals surface area contributed by atoms with E-state index >= 15 is 0 Å². The molecule has 2 aromatic rings. The number of aromatic amines is 1. The van der Waals surface area contributed by atoms with Crippen LogP contribution in [0.15, 0.2) is 30.5 Å². The Hall–Kier alpha value is -2.99. The number of rotatable bonds is 8. The van der Waals surface area contributed by atoms with Crippen LogP contribution in [0.25, 0.3) is 10.9 Å². The van der Waals surface area contributed by atoms with Gasteiger partial charge in [0.05, 0.1) is 6.42 Å². The van der Waals surface area contributed by atoms with E-state index in [0.29, 0.717) is 12.3 Å². The molecule has 0 unspecified atom stereocenters. The molecule has 7 rings (SSSR count). The monoisotopic (exact) mass is 570 g/mol. The second-order valence-electron chi connectivity index (χ2n) is 12.3. The summed E-state index contributed by atoms with van der Waals surface area (Å²) in [4.78, 5) is 52.5. The molecule has 2 bridgehead atoms. The van der Waals surface area contributed by atoms with Gasteiger partial charge in [0.25, 0.3) is 0 Å². The third kappa shape index (κ3) is 5.03. The van der Waals surface area contributed by atoms with Crippen molar-refractivity contribution >= 4 is 28.7 Å². The molecule has 1 spiro atoms. The molecule has 3 N–H and O–H groups in total. The molecular formula is C30H38N2O9. The molecule has 11 heteroatoms. The van der Waals surface area contributed by atoms with E-state index in [1.165, 1.54) is 0 Å². The summed E-state index contributed by atoms with van der Waals surface area (Å²) in [6.45, 7) is 6.05. The van der Waals surface area contributed by atoms with Gasteiger partial charge in [0, 0.05) is 48.2 Å². The van der Waals surface area contributed by atoms with Crippen molar-refractivity contribution in [3.63, 3.8) is 0 Å². The first-order valence-corrected chi connectivity index (χ1v) is 14.6. The topological polar surface area (TPSA) is 145 Å². The van der Waals surface area contributed by atoms with Crippen LogP contribution in [0, 0.1) is 23.7 Å². The summed E-state index contributed by atoms with van der Waals surface area (Å²) in [7, 11) is 0. The number of para-hydroxylation sites is 1. The number of aromatic nitrogens is 1. The second kappa shape index (κ2) is 10.7. The highest BCUT2D eigenvalue weighted by molar-refractivity contribution is 5.87. The van der Waals surface area contributed by atoms with Gasteiger partial charge in [-0.2, -0.15) is 0 Å². The Morgan fingerprint density at radius 3 is 2.73 bits per heavy atom. The maximum atomic E-state index is 12.9.